The van der Waals surface area contributed by atoms with Crippen molar-refractivity contribution in [2.45, 2.75) is 39.3 Å². The van der Waals surface area contributed by atoms with E-state index in [0.29, 0.717) is 51.6 Å². The number of benzene rings is 1. The van der Waals surface area contributed by atoms with Crippen LogP contribution < -0.4 is 5.32 Å². The maximum Gasteiger partial charge on any atom is 0.416 e. The second-order valence-corrected chi connectivity index (χ2v) is 7.75. The van der Waals surface area contributed by atoms with E-state index in [1.165, 1.54) is 12.1 Å². The summed E-state index contributed by atoms with van der Waals surface area (Å²) in [6, 6.07) is 4.23. The summed E-state index contributed by atoms with van der Waals surface area (Å²) in [6.45, 7) is 6.86. The Labute approximate surface area is 169 Å². The van der Waals surface area contributed by atoms with Gasteiger partial charge in [0.2, 0.25) is 5.91 Å². The molecule has 1 aliphatic heterocycles. The van der Waals surface area contributed by atoms with Crippen molar-refractivity contribution in [1.29, 1.82) is 0 Å². The van der Waals surface area contributed by atoms with E-state index in [-0.39, 0.29) is 23.3 Å². The minimum absolute atomic E-state index is 0.0181. The molecule has 2 rings (SSSR count). The van der Waals surface area contributed by atoms with Crippen molar-refractivity contribution in [1.82, 2.24) is 10.2 Å². The van der Waals surface area contributed by atoms with Gasteiger partial charge in [-0.2, -0.15) is 13.2 Å². The lowest BCUT2D eigenvalue weighted by Crippen LogP contribution is -2.43. The number of nitrogens with zero attached hydrogens (tertiary/aromatic N) is 1. The quantitative estimate of drug-likeness (QED) is 0.660. The number of hydrogen-bond acceptors (Lipinski definition) is 3. The maximum absolute atomic E-state index is 12.6. The summed E-state index contributed by atoms with van der Waals surface area (Å²) >= 11 is 0. The minimum atomic E-state index is -4.42. The number of amides is 2. The van der Waals surface area contributed by atoms with Gasteiger partial charge < -0.3 is 15.0 Å². The highest BCUT2D eigenvalue weighted by atomic mass is 19.4. The first-order valence-corrected chi connectivity index (χ1v) is 10.0. The van der Waals surface area contributed by atoms with Crippen LogP contribution >= 0.6 is 0 Å². The van der Waals surface area contributed by atoms with Crippen molar-refractivity contribution in [3.05, 3.63) is 35.4 Å². The number of hydrogen-bond donors (Lipinski definition) is 1. The first kappa shape index (κ1) is 23.2. The highest BCUT2D eigenvalue weighted by molar-refractivity contribution is 5.94. The smallest absolute Gasteiger partial charge is 0.381 e. The summed E-state index contributed by atoms with van der Waals surface area (Å²) in [7, 11) is 0. The highest BCUT2D eigenvalue weighted by Gasteiger charge is 2.31. The number of carbonyl (C=O) groups excluding carboxylic acids is 2. The lowest BCUT2D eigenvalue weighted by Gasteiger charge is -2.31. The lowest BCUT2D eigenvalue weighted by molar-refractivity contribution is -0.137. The molecule has 0 spiro atoms. The molecule has 1 aliphatic rings. The molecule has 0 saturated carbocycles. The van der Waals surface area contributed by atoms with Gasteiger partial charge in [0.15, 0.2) is 0 Å². The summed E-state index contributed by atoms with van der Waals surface area (Å²) in [4.78, 5) is 26.3. The van der Waals surface area contributed by atoms with Crippen molar-refractivity contribution < 1.29 is 27.5 Å². The van der Waals surface area contributed by atoms with E-state index in [1.54, 1.807) is 4.90 Å². The van der Waals surface area contributed by atoms with E-state index in [1.807, 2.05) is 0 Å². The zero-order chi connectivity index (χ0) is 21.4. The Morgan fingerprint density at radius 1 is 1.17 bits per heavy atom. The van der Waals surface area contributed by atoms with Crippen LogP contribution in [0.25, 0.3) is 0 Å². The van der Waals surface area contributed by atoms with Gasteiger partial charge in [-0.25, -0.2) is 0 Å². The Morgan fingerprint density at radius 2 is 1.79 bits per heavy atom. The van der Waals surface area contributed by atoms with Gasteiger partial charge in [-0.05, 0) is 49.4 Å². The van der Waals surface area contributed by atoms with Gasteiger partial charge in [-0.1, -0.05) is 13.8 Å². The number of alkyl halides is 3. The first-order chi connectivity index (χ1) is 13.7. The minimum Gasteiger partial charge on any atom is -0.381 e. The van der Waals surface area contributed by atoms with Crippen molar-refractivity contribution in [2.75, 3.05) is 32.8 Å². The van der Waals surface area contributed by atoms with Gasteiger partial charge >= 0.3 is 6.18 Å². The van der Waals surface area contributed by atoms with E-state index < -0.39 is 11.7 Å². The second-order valence-electron chi connectivity index (χ2n) is 7.75. The molecule has 0 bridgehead atoms. The fraction of sp³-hybridized carbons (Fsp3) is 0.619. The Bertz CT molecular complexity index is 667. The molecule has 0 aromatic heterocycles. The van der Waals surface area contributed by atoms with Crippen LogP contribution in [0.2, 0.25) is 0 Å². The fourth-order valence-corrected chi connectivity index (χ4v) is 3.18. The summed E-state index contributed by atoms with van der Waals surface area (Å²) in [5.41, 5.74) is -0.554. The van der Waals surface area contributed by atoms with Crippen LogP contribution in [0.1, 0.15) is 49.0 Å². The zero-order valence-electron chi connectivity index (χ0n) is 16.9. The normalized spacial score (nSPS) is 15.6. The number of rotatable bonds is 8. The van der Waals surface area contributed by atoms with E-state index in [9.17, 15) is 22.8 Å². The molecule has 1 fully saturated rings. The standard InChI is InChI=1S/C21H29F3N2O3/c1-15(2)14-29-13-3-10-25-19(27)16-8-11-26(12-9-16)20(28)17-4-6-18(7-5-17)21(22,23)24/h4-7,15-16H,3,8-14H2,1-2H3,(H,25,27). The molecule has 1 aromatic carbocycles. The average Bonchev–Trinajstić information content (AvgIpc) is 2.69. The summed E-state index contributed by atoms with van der Waals surface area (Å²) in [6.07, 6.45) is -2.58. The van der Waals surface area contributed by atoms with Gasteiger partial charge in [0.25, 0.3) is 5.91 Å². The predicted molar refractivity (Wildman–Crippen MR) is 103 cm³/mol. The topological polar surface area (TPSA) is 58.6 Å². The maximum atomic E-state index is 12.6. The molecule has 5 nitrogen and oxygen atoms in total. The van der Waals surface area contributed by atoms with Crippen LogP contribution in [0.15, 0.2) is 24.3 Å². The van der Waals surface area contributed by atoms with Crippen LogP contribution in [-0.4, -0.2) is 49.6 Å². The summed E-state index contributed by atoms with van der Waals surface area (Å²) in [5.74, 6) is 0.0127. The fourth-order valence-electron chi connectivity index (χ4n) is 3.18. The lowest BCUT2D eigenvalue weighted by atomic mass is 9.95. The van der Waals surface area contributed by atoms with Gasteiger partial charge in [0, 0.05) is 44.3 Å². The van der Waals surface area contributed by atoms with Crippen LogP contribution in [0.3, 0.4) is 0 Å². The molecule has 1 N–H and O–H groups in total. The van der Waals surface area contributed by atoms with Crippen LogP contribution in [0.5, 0.6) is 0 Å². The number of ether oxygens (including phenoxy) is 1. The third kappa shape index (κ3) is 7.34. The molecule has 1 aromatic rings. The molecule has 8 heteroatoms. The molecule has 1 saturated heterocycles. The van der Waals surface area contributed by atoms with E-state index in [4.69, 9.17) is 4.74 Å². The van der Waals surface area contributed by atoms with Crippen molar-refractivity contribution >= 4 is 11.8 Å². The van der Waals surface area contributed by atoms with Crippen LogP contribution in [-0.2, 0) is 15.7 Å². The largest absolute Gasteiger partial charge is 0.416 e. The Balaban J connectivity index is 1.72. The molecule has 0 radical (unpaired) electrons. The second kappa shape index (κ2) is 10.6. The van der Waals surface area contributed by atoms with Gasteiger partial charge in [0.05, 0.1) is 5.56 Å². The highest BCUT2D eigenvalue weighted by Crippen LogP contribution is 2.29. The van der Waals surface area contributed by atoms with Crippen molar-refractivity contribution in [2.24, 2.45) is 11.8 Å². The number of piperidine rings is 1. The number of halogens is 3. The van der Waals surface area contributed by atoms with Gasteiger partial charge in [0.1, 0.15) is 0 Å². The monoisotopic (exact) mass is 414 g/mol. The van der Waals surface area contributed by atoms with Crippen LogP contribution in [0, 0.1) is 11.8 Å². The van der Waals surface area contributed by atoms with E-state index in [2.05, 4.69) is 19.2 Å². The summed E-state index contributed by atoms with van der Waals surface area (Å²) < 4.78 is 43.4. The van der Waals surface area contributed by atoms with Crippen LogP contribution in [0.4, 0.5) is 13.2 Å². The molecule has 2 amide bonds. The van der Waals surface area contributed by atoms with E-state index >= 15 is 0 Å². The molecular weight excluding hydrogens is 385 g/mol. The van der Waals surface area contributed by atoms with Crippen molar-refractivity contribution in [3.8, 4) is 0 Å². The third-order valence-electron chi connectivity index (χ3n) is 4.83. The first-order valence-electron chi connectivity index (χ1n) is 10.0. The van der Waals surface area contributed by atoms with Gasteiger partial charge in [-0.15, -0.1) is 0 Å². The number of nitrogens with one attached hydrogen (secondary N) is 1. The number of likely N-dealkylation sites (tertiary alicyclic amines) is 1. The Kier molecular flexibility index (Phi) is 8.49. The molecule has 1 heterocycles. The molecule has 29 heavy (non-hydrogen) atoms. The van der Waals surface area contributed by atoms with Gasteiger partial charge in [-0.3, -0.25) is 9.59 Å². The predicted octanol–water partition coefficient (Wildman–Crippen LogP) is 3.74. The third-order valence-corrected chi connectivity index (χ3v) is 4.83. The SMILES string of the molecule is CC(C)COCCCNC(=O)C1CCN(C(=O)c2ccc(C(F)(F)F)cc2)CC1. The molecule has 0 unspecified atom stereocenters. The number of carbonyl (C=O) groups is 2. The van der Waals surface area contributed by atoms with E-state index in [0.717, 1.165) is 18.6 Å². The van der Waals surface area contributed by atoms with Crippen molar-refractivity contribution in [3.63, 3.8) is 0 Å². The Morgan fingerprint density at radius 3 is 2.34 bits per heavy atom. The zero-order valence-corrected chi connectivity index (χ0v) is 16.9. The molecular formula is C21H29F3N2O3. The molecule has 0 aliphatic carbocycles. The summed E-state index contributed by atoms with van der Waals surface area (Å²) in [5, 5.41) is 2.91. The molecule has 162 valence electrons. The Hall–Kier alpha value is -2.09. The molecule has 0 atom stereocenters. The average molecular weight is 414 g/mol.